The topological polar surface area (TPSA) is 102 Å². The minimum Gasteiger partial charge on any atom is -0.489 e. The van der Waals surface area contributed by atoms with Gasteiger partial charge in [-0.1, -0.05) is 0 Å². The lowest BCUT2D eigenvalue weighted by molar-refractivity contribution is 0.179. The Kier molecular flexibility index (Phi) is 7.35. The minimum atomic E-state index is -0.640. The van der Waals surface area contributed by atoms with Crippen molar-refractivity contribution >= 4 is 45.1 Å². The van der Waals surface area contributed by atoms with Gasteiger partial charge in [-0.25, -0.2) is 18.7 Å². The average Bonchev–Trinajstić information content (AvgIpc) is 2.84. The molecule has 2 heterocycles. The number of ether oxygens (including phenoxy) is 1. The largest absolute Gasteiger partial charge is 0.489 e. The van der Waals surface area contributed by atoms with Crippen LogP contribution in [-0.4, -0.2) is 59.9 Å². The summed E-state index contributed by atoms with van der Waals surface area (Å²) in [5.74, 6) is -0.427. The third-order valence-corrected chi connectivity index (χ3v) is 5.45. The number of nitrogens with zero attached hydrogens (tertiary/aromatic N) is 5. The quantitative estimate of drug-likeness (QED) is 0.349. The predicted molar refractivity (Wildman–Crippen MR) is 140 cm³/mol. The van der Waals surface area contributed by atoms with Gasteiger partial charge in [0.15, 0.2) is 5.82 Å². The van der Waals surface area contributed by atoms with E-state index in [0.717, 1.165) is 17.8 Å². The maximum Gasteiger partial charge on any atom is 0.156 e. The Morgan fingerprint density at radius 2 is 1.97 bits per heavy atom. The van der Waals surface area contributed by atoms with E-state index in [1.54, 1.807) is 19.3 Å². The van der Waals surface area contributed by atoms with Crippen molar-refractivity contribution in [2.24, 2.45) is 10.7 Å². The molecule has 0 amide bonds. The molecule has 0 aliphatic rings. The molecule has 4 rings (SSSR count). The third kappa shape index (κ3) is 5.23. The predicted octanol–water partition coefficient (Wildman–Crippen LogP) is 4.53. The van der Waals surface area contributed by atoms with E-state index in [4.69, 9.17) is 10.5 Å². The number of benzene rings is 2. The van der Waals surface area contributed by atoms with E-state index in [-0.39, 0.29) is 17.2 Å². The number of nitrogens with one attached hydrogen (secondary N) is 1. The molecule has 1 atom stereocenters. The lowest BCUT2D eigenvalue weighted by Gasteiger charge is -2.21. The molecule has 0 radical (unpaired) electrons. The highest BCUT2D eigenvalue weighted by Gasteiger charge is 2.18. The van der Waals surface area contributed by atoms with Gasteiger partial charge in [0.05, 0.1) is 28.3 Å². The molecule has 0 spiro atoms. The summed E-state index contributed by atoms with van der Waals surface area (Å²) in [4.78, 5) is 18.8. The van der Waals surface area contributed by atoms with E-state index in [9.17, 15) is 4.39 Å². The van der Waals surface area contributed by atoms with Gasteiger partial charge in [-0.05, 0) is 56.9 Å². The number of allylic oxidation sites excluding steroid dienone is 1. The van der Waals surface area contributed by atoms with E-state index in [1.807, 2.05) is 38.1 Å². The number of aliphatic imine (C=N–C) groups is 1. The second-order valence-corrected chi connectivity index (χ2v) is 8.56. The molecule has 0 unspecified atom stereocenters. The van der Waals surface area contributed by atoms with Crippen LogP contribution in [0.4, 0.5) is 20.3 Å². The van der Waals surface area contributed by atoms with E-state index in [0.29, 0.717) is 40.1 Å². The zero-order chi connectivity index (χ0) is 25.8. The molecule has 2 aromatic carbocycles. The molecule has 0 fully saturated rings. The number of aromatic nitrogens is 3. The van der Waals surface area contributed by atoms with Gasteiger partial charge in [0.1, 0.15) is 29.8 Å². The fraction of sp³-hybridized carbons (Fsp3) is 0.231. The number of rotatable bonds is 8. The Balaban J connectivity index is 1.86. The normalized spacial score (nSPS) is 13.1. The molecule has 4 aromatic rings. The van der Waals surface area contributed by atoms with E-state index >= 15 is 4.39 Å². The van der Waals surface area contributed by atoms with Crippen molar-refractivity contribution in [3.63, 3.8) is 0 Å². The summed E-state index contributed by atoms with van der Waals surface area (Å²) in [5, 5.41) is 3.66. The summed E-state index contributed by atoms with van der Waals surface area (Å²) in [5.41, 5.74) is 8.31. The zero-order valence-corrected chi connectivity index (χ0v) is 20.5. The highest BCUT2D eigenvalue weighted by atomic mass is 19.1. The molecule has 0 bridgehead atoms. The molecule has 3 N–H and O–H groups in total. The van der Waals surface area contributed by atoms with Crippen LogP contribution in [-0.2, 0) is 0 Å². The maximum absolute atomic E-state index is 15.3. The molecule has 10 heteroatoms. The lowest BCUT2D eigenvalue weighted by atomic mass is 10.0. The van der Waals surface area contributed by atoms with Gasteiger partial charge in [0, 0.05) is 37.0 Å². The van der Waals surface area contributed by atoms with Crippen LogP contribution >= 0.6 is 0 Å². The monoisotopic (exact) mass is 491 g/mol. The summed E-state index contributed by atoms with van der Waals surface area (Å²) in [7, 11) is 5.57. The number of nitrogens with two attached hydrogens (primary N) is 1. The van der Waals surface area contributed by atoms with Crippen molar-refractivity contribution in [2.45, 2.75) is 13.0 Å². The number of fused-ring (bicyclic) bond motifs is 2. The van der Waals surface area contributed by atoms with Crippen LogP contribution in [0.5, 0.6) is 5.75 Å². The van der Waals surface area contributed by atoms with Gasteiger partial charge in [-0.2, -0.15) is 0 Å². The van der Waals surface area contributed by atoms with Crippen LogP contribution in [0.15, 0.2) is 54.0 Å². The van der Waals surface area contributed by atoms with Crippen LogP contribution in [0.1, 0.15) is 12.5 Å². The minimum absolute atomic E-state index is 0.0632. The Morgan fingerprint density at radius 1 is 1.17 bits per heavy atom. The molecule has 0 aliphatic heterocycles. The van der Waals surface area contributed by atoms with Crippen molar-refractivity contribution in [2.75, 3.05) is 33.0 Å². The first-order valence-electron chi connectivity index (χ1n) is 11.3. The zero-order valence-electron chi connectivity index (χ0n) is 20.5. The summed E-state index contributed by atoms with van der Waals surface area (Å²) in [6, 6.07) is 7.93. The van der Waals surface area contributed by atoms with E-state index in [1.165, 1.54) is 18.6 Å². The van der Waals surface area contributed by atoms with Crippen molar-refractivity contribution in [3.05, 3.63) is 66.3 Å². The molecular weight excluding hydrogens is 464 g/mol. The number of pyridine rings is 1. The van der Waals surface area contributed by atoms with Crippen LogP contribution in [0.2, 0.25) is 0 Å². The van der Waals surface area contributed by atoms with Crippen molar-refractivity contribution < 1.29 is 13.5 Å². The molecule has 0 saturated carbocycles. The number of hydrogen-bond acceptors (Lipinski definition) is 8. The Bertz CT molecular complexity index is 1470. The van der Waals surface area contributed by atoms with Crippen LogP contribution in [0.3, 0.4) is 0 Å². The number of anilines is 2. The molecule has 0 aliphatic carbocycles. The summed E-state index contributed by atoms with van der Waals surface area (Å²) in [6.07, 6.45) is 5.35. The molecule has 8 nitrogen and oxygen atoms in total. The SMILES string of the molecule is CN=CC(=CN)c1cc(O[C@H](C)CN(C)C)c2c(Nc3ccc4ncc(F)cc4c3F)ncnc2c1. The van der Waals surface area contributed by atoms with Crippen molar-refractivity contribution in [1.29, 1.82) is 0 Å². The Hall–Kier alpha value is -4.18. The van der Waals surface area contributed by atoms with Gasteiger partial charge in [0.25, 0.3) is 0 Å². The lowest BCUT2D eigenvalue weighted by Crippen LogP contribution is -2.28. The number of hydrogen-bond donors (Lipinski definition) is 2. The van der Waals surface area contributed by atoms with E-state index in [2.05, 4.69) is 25.3 Å². The molecule has 36 heavy (non-hydrogen) atoms. The van der Waals surface area contributed by atoms with E-state index < -0.39 is 11.6 Å². The Morgan fingerprint density at radius 3 is 2.69 bits per heavy atom. The number of halogens is 2. The molecular formula is C26H27F2N7O. The first-order valence-corrected chi connectivity index (χ1v) is 11.3. The molecule has 186 valence electrons. The second-order valence-electron chi connectivity index (χ2n) is 8.56. The van der Waals surface area contributed by atoms with Crippen molar-refractivity contribution in [1.82, 2.24) is 19.9 Å². The highest BCUT2D eigenvalue weighted by Crippen LogP contribution is 2.36. The van der Waals surface area contributed by atoms with Crippen molar-refractivity contribution in [3.8, 4) is 5.75 Å². The van der Waals surface area contributed by atoms with Gasteiger partial charge in [-0.3, -0.25) is 9.98 Å². The first-order chi connectivity index (χ1) is 17.3. The molecule has 2 aromatic heterocycles. The summed E-state index contributed by atoms with van der Waals surface area (Å²) < 4.78 is 35.3. The first kappa shape index (κ1) is 24.9. The fourth-order valence-electron chi connectivity index (χ4n) is 3.99. The van der Waals surface area contributed by atoms with Crippen LogP contribution < -0.4 is 15.8 Å². The van der Waals surface area contributed by atoms with Gasteiger partial charge < -0.3 is 20.7 Å². The maximum atomic E-state index is 15.3. The summed E-state index contributed by atoms with van der Waals surface area (Å²) in [6.45, 7) is 2.61. The number of likely N-dealkylation sites (N-methyl/N-ethyl adjacent to an activating group) is 1. The van der Waals surface area contributed by atoms with Gasteiger partial charge in [-0.15, -0.1) is 0 Å². The van der Waals surface area contributed by atoms with Gasteiger partial charge in [0.2, 0.25) is 0 Å². The fourth-order valence-corrected chi connectivity index (χ4v) is 3.99. The summed E-state index contributed by atoms with van der Waals surface area (Å²) >= 11 is 0. The molecule has 0 saturated heterocycles. The second kappa shape index (κ2) is 10.6. The Labute approximate surface area is 207 Å². The average molecular weight is 492 g/mol. The van der Waals surface area contributed by atoms with Crippen LogP contribution in [0, 0.1) is 11.6 Å². The standard InChI is InChI=1S/C26H27F2N7O/c1-15(13-35(3)4)36-23-8-16(17(10-29)11-30-2)7-22-24(23)26(33-14-32-22)34-21-6-5-20-19(25(21)28)9-18(27)12-31-20/h5-12,14-15H,13,29H2,1-4H3,(H,32,33,34)/t15-/m1/s1. The smallest absolute Gasteiger partial charge is 0.156 e. The van der Waals surface area contributed by atoms with Crippen LogP contribution in [0.25, 0.3) is 27.4 Å². The highest BCUT2D eigenvalue weighted by molar-refractivity contribution is 6.11. The third-order valence-electron chi connectivity index (χ3n) is 5.45. The van der Waals surface area contributed by atoms with Gasteiger partial charge >= 0.3 is 0 Å².